The van der Waals surface area contributed by atoms with E-state index in [1.54, 1.807) is 0 Å². The van der Waals surface area contributed by atoms with Crippen molar-refractivity contribution in [2.24, 2.45) is 5.41 Å². The average Bonchev–Trinajstić information content (AvgIpc) is 2.85. The number of esters is 1. The highest BCUT2D eigenvalue weighted by atomic mass is 16.5. The molecule has 0 spiro atoms. The van der Waals surface area contributed by atoms with Gasteiger partial charge in [-0.25, -0.2) is 0 Å². The Labute approximate surface area is 215 Å². The molecule has 0 aromatic rings. The van der Waals surface area contributed by atoms with Crippen LogP contribution >= 0.6 is 0 Å². The Bertz CT molecular complexity index is 419. The normalized spacial score (nSPS) is 13.2. The summed E-state index contributed by atoms with van der Waals surface area (Å²) in [6.07, 6.45) is 32.8. The molecule has 0 bridgehead atoms. The predicted molar refractivity (Wildman–Crippen MR) is 152 cm³/mol. The molecular weight excluding hydrogens is 416 g/mol. The van der Waals surface area contributed by atoms with Gasteiger partial charge in [0.1, 0.15) is 0 Å². The first kappa shape index (κ1) is 33.5. The highest BCUT2D eigenvalue weighted by Crippen LogP contribution is 2.30. The lowest BCUT2D eigenvalue weighted by molar-refractivity contribution is -0.155. The topological polar surface area (TPSA) is 26.3 Å². The Balaban J connectivity index is 3.56. The monoisotopic (exact) mass is 480 g/mol. The summed E-state index contributed by atoms with van der Waals surface area (Å²) in [5.74, 6) is 0.0456. The van der Waals surface area contributed by atoms with Crippen molar-refractivity contribution in [3.63, 3.8) is 0 Å². The van der Waals surface area contributed by atoms with Crippen molar-refractivity contribution in [3.05, 3.63) is 0 Å². The van der Waals surface area contributed by atoms with Crippen LogP contribution in [0, 0.1) is 5.41 Å². The number of carbonyl (C=O) groups is 1. The molecule has 1 unspecified atom stereocenters. The third-order valence-corrected chi connectivity index (χ3v) is 7.84. The van der Waals surface area contributed by atoms with E-state index in [9.17, 15) is 4.79 Å². The second-order valence-electron chi connectivity index (χ2n) is 11.2. The van der Waals surface area contributed by atoms with Gasteiger partial charge in [-0.3, -0.25) is 4.79 Å². The van der Waals surface area contributed by atoms with Gasteiger partial charge >= 0.3 is 5.97 Å². The van der Waals surface area contributed by atoms with E-state index in [0.29, 0.717) is 6.61 Å². The van der Waals surface area contributed by atoms with E-state index in [2.05, 4.69) is 27.7 Å². The van der Waals surface area contributed by atoms with Crippen molar-refractivity contribution in [2.75, 3.05) is 6.61 Å². The summed E-state index contributed by atoms with van der Waals surface area (Å²) in [5.41, 5.74) is -0.281. The van der Waals surface area contributed by atoms with E-state index in [0.717, 1.165) is 25.7 Å². The molecule has 2 heteroatoms. The fraction of sp³-hybridized carbons (Fsp3) is 0.969. The molecule has 0 radical (unpaired) electrons. The molecular formula is C32H64O2. The molecule has 0 N–H and O–H groups in total. The lowest BCUT2D eigenvalue weighted by Gasteiger charge is -2.26. The molecule has 0 aliphatic rings. The van der Waals surface area contributed by atoms with Gasteiger partial charge < -0.3 is 4.74 Å². The minimum atomic E-state index is -0.281. The summed E-state index contributed by atoms with van der Waals surface area (Å²) in [6.45, 7) is 9.43. The van der Waals surface area contributed by atoms with Crippen molar-refractivity contribution >= 4 is 5.97 Å². The van der Waals surface area contributed by atoms with Gasteiger partial charge in [-0.15, -0.1) is 0 Å². The van der Waals surface area contributed by atoms with Crippen molar-refractivity contribution in [1.82, 2.24) is 0 Å². The Morgan fingerprint density at radius 3 is 1.18 bits per heavy atom. The van der Waals surface area contributed by atoms with Crippen LogP contribution in [-0.2, 0) is 9.53 Å². The molecule has 0 aliphatic carbocycles. The highest BCUT2D eigenvalue weighted by molar-refractivity contribution is 5.76. The van der Waals surface area contributed by atoms with Gasteiger partial charge in [-0.2, -0.15) is 0 Å². The van der Waals surface area contributed by atoms with E-state index in [4.69, 9.17) is 4.74 Å². The minimum absolute atomic E-state index is 0.0456. The molecule has 0 saturated heterocycles. The maximum absolute atomic E-state index is 12.7. The van der Waals surface area contributed by atoms with E-state index >= 15 is 0 Å². The van der Waals surface area contributed by atoms with Crippen LogP contribution in [0.25, 0.3) is 0 Å². The summed E-state index contributed by atoms with van der Waals surface area (Å²) < 4.78 is 5.70. The molecule has 0 rings (SSSR count). The van der Waals surface area contributed by atoms with Gasteiger partial charge in [-0.1, -0.05) is 162 Å². The van der Waals surface area contributed by atoms with Crippen LogP contribution in [0.5, 0.6) is 0 Å². The molecule has 0 heterocycles. The molecule has 2 nitrogen and oxygen atoms in total. The average molecular weight is 481 g/mol. The largest absolute Gasteiger partial charge is 0.465 e. The number of ether oxygens (including phenoxy) is 1. The van der Waals surface area contributed by atoms with Gasteiger partial charge in [0.15, 0.2) is 0 Å². The fourth-order valence-corrected chi connectivity index (χ4v) is 4.88. The van der Waals surface area contributed by atoms with Gasteiger partial charge in [0.25, 0.3) is 0 Å². The van der Waals surface area contributed by atoms with E-state index in [-0.39, 0.29) is 11.4 Å². The quantitative estimate of drug-likeness (QED) is 0.0862. The van der Waals surface area contributed by atoms with Gasteiger partial charge in [0.2, 0.25) is 0 Å². The van der Waals surface area contributed by atoms with Crippen LogP contribution in [0.15, 0.2) is 0 Å². The van der Waals surface area contributed by atoms with Crippen LogP contribution in [0.1, 0.15) is 188 Å². The fourth-order valence-electron chi connectivity index (χ4n) is 4.88. The zero-order valence-corrected chi connectivity index (χ0v) is 24.2. The third kappa shape index (κ3) is 20.8. The maximum Gasteiger partial charge on any atom is 0.311 e. The second kappa shape index (κ2) is 25.6. The Morgan fingerprint density at radius 1 is 0.500 bits per heavy atom. The molecule has 34 heavy (non-hydrogen) atoms. The summed E-state index contributed by atoms with van der Waals surface area (Å²) in [5, 5.41) is 0. The first-order valence-electron chi connectivity index (χ1n) is 15.8. The number of hydrogen-bond acceptors (Lipinski definition) is 2. The first-order valence-corrected chi connectivity index (χ1v) is 15.8. The lowest BCUT2D eigenvalue weighted by atomic mass is 9.82. The Hall–Kier alpha value is -0.530. The first-order chi connectivity index (χ1) is 16.6. The van der Waals surface area contributed by atoms with Gasteiger partial charge in [-0.05, 0) is 26.2 Å². The summed E-state index contributed by atoms with van der Waals surface area (Å²) in [4.78, 5) is 12.7. The third-order valence-electron chi connectivity index (χ3n) is 7.84. The summed E-state index contributed by atoms with van der Waals surface area (Å²) in [6, 6.07) is 0. The van der Waals surface area contributed by atoms with Crippen LogP contribution in [0.4, 0.5) is 0 Å². The molecule has 204 valence electrons. The molecule has 0 amide bonds. The Kier molecular flexibility index (Phi) is 25.2. The van der Waals surface area contributed by atoms with E-state index in [1.165, 1.54) is 135 Å². The minimum Gasteiger partial charge on any atom is -0.465 e. The van der Waals surface area contributed by atoms with E-state index < -0.39 is 0 Å². The number of rotatable bonds is 27. The lowest BCUT2D eigenvalue weighted by Crippen LogP contribution is -2.29. The van der Waals surface area contributed by atoms with Crippen molar-refractivity contribution in [1.29, 1.82) is 0 Å². The van der Waals surface area contributed by atoms with Gasteiger partial charge in [0, 0.05) is 0 Å². The molecule has 0 aromatic carbocycles. The zero-order valence-electron chi connectivity index (χ0n) is 24.2. The molecule has 1 atom stereocenters. The number of hydrogen-bond donors (Lipinski definition) is 0. The molecule has 0 saturated carbocycles. The molecule has 0 aromatic heterocycles. The molecule has 0 fully saturated rings. The maximum atomic E-state index is 12.7. The number of unbranched alkanes of at least 4 members (excludes halogenated alkanes) is 21. The van der Waals surface area contributed by atoms with Crippen molar-refractivity contribution in [2.45, 2.75) is 188 Å². The van der Waals surface area contributed by atoms with Crippen molar-refractivity contribution in [3.8, 4) is 0 Å². The summed E-state index contributed by atoms with van der Waals surface area (Å²) in [7, 11) is 0. The smallest absolute Gasteiger partial charge is 0.311 e. The standard InChI is InChI=1S/C32H64O2/c1-5-8-10-12-14-16-17-18-19-20-22-24-26-28-30-34-31(33)32(4,7-3)29-27-25-23-21-15-13-11-9-6-2/h5-30H2,1-4H3. The summed E-state index contributed by atoms with van der Waals surface area (Å²) >= 11 is 0. The highest BCUT2D eigenvalue weighted by Gasteiger charge is 2.32. The van der Waals surface area contributed by atoms with Crippen molar-refractivity contribution < 1.29 is 9.53 Å². The van der Waals surface area contributed by atoms with Crippen LogP contribution in [0.3, 0.4) is 0 Å². The van der Waals surface area contributed by atoms with E-state index in [1.807, 2.05) is 0 Å². The van der Waals surface area contributed by atoms with Gasteiger partial charge in [0.05, 0.1) is 12.0 Å². The Morgan fingerprint density at radius 2 is 0.824 bits per heavy atom. The van der Waals surface area contributed by atoms with Crippen LogP contribution in [-0.4, -0.2) is 12.6 Å². The van der Waals surface area contributed by atoms with Crippen LogP contribution < -0.4 is 0 Å². The second-order valence-corrected chi connectivity index (χ2v) is 11.2. The molecule has 0 aliphatic heterocycles. The zero-order chi connectivity index (χ0) is 25.2. The SMILES string of the molecule is CCCCCCCCCCCCCCCCOC(=O)C(C)(CC)CCCCCCCCCCC. The number of carbonyl (C=O) groups excluding carboxylic acids is 1. The van der Waals surface area contributed by atoms with Crippen LogP contribution in [0.2, 0.25) is 0 Å². The predicted octanol–water partition coefficient (Wildman–Crippen LogP) is 11.3.